The number of benzene rings is 1. The standard InChI is InChI=1S/C18H30BrNO2SSi/c1-17(2,3)23(21)20-16(14-9-11-15(19)12-10-14)13-22-24(7,8)18(4,5)6/h9-12H,13H2,1-8H3/t23-/m0/s1. The summed E-state index contributed by atoms with van der Waals surface area (Å²) in [5, 5.41) is 0.126. The van der Waals surface area contributed by atoms with Crippen LogP contribution in [0.25, 0.3) is 0 Å². The third-order valence-electron chi connectivity index (χ3n) is 4.27. The monoisotopic (exact) mass is 431 g/mol. The molecule has 0 spiro atoms. The van der Waals surface area contributed by atoms with Gasteiger partial charge in [0.15, 0.2) is 8.32 Å². The molecule has 0 heterocycles. The zero-order valence-corrected chi connectivity index (χ0v) is 19.5. The van der Waals surface area contributed by atoms with E-state index in [-0.39, 0.29) is 5.04 Å². The highest BCUT2D eigenvalue weighted by Gasteiger charge is 2.37. The number of hydrogen-bond donors (Lipinski definition) is 0. The first-order valence-electron chi connectivity index (χ1n) is 8.13. The van der Waals surface area contributed by atoms with Crippen LogP contribution in [0.4, 0.5) is 0 Å². The summed E-state index contributed by atoms with van der Waals surface area (Å²) < 4.78 is 23.9. The van der Waals surface area contributed by atoms with Gasteiger partial charge < -0.3 is 4.43 Å². The Morgan fingerprint density at radius 2 is 1.62 bits per heavy atom. The first-order chi connectivity index (χ1) is 10.7. The van der Waals surface area contributed by atoms with Gasteiger partial charge in [0.1, 0.15) is 11.0 Å². The van der Waals surface area contributed by atoms with Gasteiger partial charge in [0.2, 0.25) is 0 Å². The van der Waals surface area contributed by atoms with E-state index >= 15 is 0 Å². The van der Waals surface area contributed by atoms with Crippen LogP contribution >= 0.6 is 15.9 Å². The summed E-state index contributed by atoms with van der Waals surface area (Å²) in [6.45, 7) is 17.2. The molecule has 136 valence electrons. The molecule has 1 atom stereocenters. The van der Waals surface area contributed by atoms with E-state index in [2.05, 4.69) is 54.2 Å². The molecule has 0 amide bonds. The van der Waals surface area contributed by atoms with E-state index in [4.69, 9.17) is 4.43 Å². The van der Waals surface area contributed by atoms with Crippen LogP contribution in [0.2, 0.25) is 18.1 Å². The largest absolute Gasteiger partial charge is 0.411 e. The second kappa shape index (κ2) is 7.93. The van der Waals surface area contributed by atoms with Crippen LogP contribution in [0.5, 0.6) is 0 Å². The van der Waals surface area contributed by atoms with Gasteiger partial charge in [0.05, 0.1) is 17.1 Å². The molecule has 0 bridgehead atoms. The van der Waals surface area contributed by atoms with Crippen molar-refractivity contribution in [3.05, 3.63) is 34.3 Å². The van der Waals surface area contributed by atoms with E-state index in [1.807, 2.05) is 45.0 Å². The van der Waals surface area contributed by atoms with Crippen molar-refractivity contribution in [3.8, 4) is 0 Å². The highest BCUT2D eigenvalue weighted by Crippen LogP contribution is 2.36. The van der Waals surface area contributed by atoms with E-state index in [9.17, 15) is 4.21 Å². The van der Waals surface area contributed by atoms with Crippen molar-refractivity contribution in [2.24, 2.45) is 4.40 Å². The molecule has 0 aromatic heterocycles. The third kappa shape index (κ3) is 6.21. The summed E-state index contributed by atoms with van der Waals surface area (Å²) >= 11 is 3.45. The number of hydrogen-bond acceptors (Lipinski definition) is 2. The van der Waals surface area contributed by atoms with Crippen molar-refractivity contribution in [2.75, 3.05) is 6.61 Å². The lowest BCUT2D eigenvalue weighted by atomic mass is 10.1. The average molecular weight is 433 g/mol. The zero-order chi connectivity index (χ0) is 18.8. The third-order valence-corrected chi connectivity index (χ3v) is 10.7. The van der Waals surface area contributed by atoms with Crippen molar-refractivity contribution in [1.82, 2.24) is 0 Å². The van der Waals surface area contributed by atoms with Gasteiger partial charge in [-0.1, -0.05) is 48.8 Å². The van der Waals surface area contributed by atoms with Gasteiger partial charge in [-0.3, -0.25) is 0 Å². The predicted molar refractivity (Wildman–Crippen MR) is 112 cm³/mol. The van der Waals surface area contributed by atoms with Gasteiger partial charge in [0.25, 0.3) is 0 Å². The van der Waals surface area contributed by atoms with Crippen LogP contribution in [0.3, 0.4) is 0 Å². The molecule has 0 aliphatic carbocycles. The Bertz CT molecular complexity index is 613. The van der Waals surface area contributed by atoms with Crippen molar-refractivity contribution in [3.63, 3.8) is 0 Å². The summed E-state index contributed by atoms with van der Waals surface area (Å²) in [6, 6.07) is 7.91. The second-order valence-corrected chi connectivity index (χ2v) is 16.1. The van der Waals surface area contributed by atoms with E-state index < -0.39 is 24.1 Å². The minimum atomic E-state index is -1.90. The molecule has 1 aromatic rings. The fourth-order valence-corrected chi connectivity index (χ4v) is 3.33. The minimum absolute atomic E-state index is 0.126. The smallest absolute Gasteiger partial charge is 0.192 e. The van der Waals surface area contributed by atoms with Gasteiger partial charge in [0, 0.05) is 4.47 Å². The predicted octanol–water partition coefficient (Wildman–Crippen LogP) is 5.72. The van der Waals surface area contributed by atoms with E-state index in [1.165, 1.54) is 0 Å². The summed E-state index contributed by atoms with van der Waals surface area (Å²) in [4.78, 5) is 0. The van der Waals surface area contributed by atoms with Gasteiger partial charge in [-0.25, -0.2) is 4.21 Å². The lowest BCUT2D eigenvalue weighted by Gasteiger charge is -2.36. The molecule has 0 radical (unpaired) electrons. The first kappa shape index (κ1) is 21.7. The van der Waals surface area contributed by atoms with Crippen molar-refractivity contribution in [1.29, 1.82) is 0 Å². The van der Waals surface area contributed by atoms with Gasteiger partial charge >= 0.3 is 0 Å². The molecular formula is C18H30BrNO2SSi. The summed E-state index contributed by atoms with van der Waals surface area (Å²) in [7, 11) is -3.21. The van der Waals surface area contributed by atoms with E-state index in [1.54, 1.807) is 0 Å². The van der Waals surface area contributed by atoms with Crippen LogP contribution in [0.1, 0.15) is 47.1 Å². The minimum Gasteiger partial charge on any atom is -0.411 e. The van der Waals surface area contributed by atoms with Gasteiger partial charge in [-0.2, -0.15) is 4.40 Å². The molecule has 3 nitrogen and oxygen atoms in total. The van der Waals surface area contributed by atoms with Crippen LogP contribution in [0, 0.1) is 0 Å². The molecule has 0 saturated heterocycles. The molecule has 24 heavy (non-hydrogen) atoms. The van der Waals surface area contributed by atoms with Crippen LogP contribution < -0.4 is 0 Å². The topological polar surface area (TPSA) is 38.7 Å². The quantitative estimate of drug-likeness (QED) is 0.441. The SMILES string of the molecule is CC(C)(C)[S@](=O)N=C(CO[Si](C)(C)C(C)(C)C)c1ccc(Br)cc1. The van der Waals surface area contributed by atoms with Crippen molar-refractivity contribution in [2.45, 2.75) is 64.4 Å². The van der Waals surface area contributed by atoms with E-state index in [0.29, 0.717) is 6.61 Å². The number of halogens is 1. The molecular weight excluding hydrogens is 402 g/mol. The maximum absolute atomic E-state index is 12.5. The second-order valence-electron chi connectivity index (χ2n) is 8.46. The van der Waals surface area contributed by atoms with Gasteiger partial charge in [-0.05, 0) is 56.6 Å². The summed E-state index contributed by atoms with van der Waals surface area (Å²) in [6.07, 6.45) is 0. The lowest BCUT2D eigenvalue weighted by molar-refractivity contribution is 0.340. The molecule has 0 fully saturated rings. The number of rotatable bonds is 5. The Morgan fingerprint density at radius 3 is 2.04 bits per heavy atom. The Kier molecular flexibility index (Phi) is 7.19. The molecule has 1 rings (SSSR count). The molecule has 0 N–H and O–H groups in total. The fraction of sp³-hybridized carbons (Fsp3) is 0.611. The molecule has 0 saturated carbocycles. The maximum atomic E-state index is 12.5. The first-order valence-corrected chi connectivity index (χ1v) is 12.9. The Balaban J connectivity index is 3.14. The van der Waals surface area contributed by atoms with Crippen LogP contribution in [0.15, 0.2) is 33.1 Å². The van der Waals surface area contributed by atoms with Gasteiger partial charge in [-0.15, -0.1) is 0 Å². The molecule has 0 aliphatic heterocycles. The fourth-order valence-electron chi connectivity index (χ4n) is 1.51. The zero-order valence-electron chi connectivity index (χ0n) is 16.1. The van der Waals surface area contributed by atoms with Crippen LogP contribution in [-0.4, -0.2) is 29.6 Å². The van der Waals surface area contributed by atoms with Crippen molar-refractivity contribution < 1.29 is 8.63 Å². The maximum Gasteiger partial charge on any atom is 0.192 e. The molecule has 6 heteroatoms. The highest BCUT2D eigenvalue weighted by molar-refractivity contribution is 9.10. The highest BCUT2D eigenvalue weighted by atomic mass is 79.9. The molecule has 1 aromatic carbocycles. The Morgan fingerprint density at radius 1 is 1.12 bits per heavy atom. The van der Waals surface area contributed by atoms with Crippen LogP contribution in [-0.2, 0) is 15.4 Å². The normalized spacial score (nSPS) is 15.5. The number of nitrogens with zero attached hydrogens (tertiary/aromatic N) is 1. The molecule has 0 unspecified atom stereocenters. The summed E-state index contributed by atoms with van der Waals surface area (Å²) in [5.74, 6) is 0. The van der Waals surface area contributed by atoms with E-state index in [0.717, 1.165) is 15.7 Å². The average Bonchev–Trinajstić information content (AvgIpc) is 2.42. The lowest BCUT2D eigenvalue weighted by Crippen LogP contribution is -2.42. The Hall–Kier alpha value is -0.303. The van der Waals surface area contributed by atoms with Crippen molar-refractivity contribution >= 4 is 40.9 Å². The summed E-state index contributed by atoms with van der Waals surface area (Å²) in [5.41, 5.74) is 1.70. The molecule has 0 aliphatic rings. The Labute approximate surface area is 159 Å².